The first-order valence-corrected chi connectivity index (χ1v) is 17.2. The Bertz CT molecular complexity index is 1780. The number of carbonyl (C=O) groups excluding carboxylic acids is 1. The number of aliphatic hydroxyl groups is 1. The van der Waals surface area contributed by atoms with Crippen molar-refractivity contribution in [3.05, 3.63) is 215 Å². The predicted octanol–water partition coefficient (Wildman–Crippen LogP) is 8.02. The Kier molecular flexibility index (Phi) is 10.2. The van der Waals surface area contributed by atoms with E-state index in [1.54, 1.807) is 0 Å². The minimum atomic E-state index is -1.47. The van der Waals surface area contributed by atoms with E-state index in [1.807, 2.05) is 182 Å². The molecule has 0 aromatic heterocycles. The molecule has 6 aromatic rings. The number of carbonyl (C=O) groups is 1. The van der Waals surface area contributed by atoms with E-state index in [0.29, 0.717) is 0 Å². The first-order valence-electron chi connectivity index (χ1n) is 17.2. The van der Waals surface area contributed by atoms with Crippen LogP contribution >= 0.6 is 0 Å². The van der Waals surface area contributed by atoms with Crippen LogP contribution in [0.2, 0.25) is 0 Å². The first-order chi connectivity index (χ1) is 25.0. The summed E-state index contributed by atoms with van der Waals surface area (Å²) in [6, 6.07) is 60.0. The molecule has 1 aliphatic rings. The fraction of sp³-hybridized carbons (Fsp3) is 0.178. The molecule has 0 unspecified atom stereocenters. The third kappa shape index (κ3) is 6.75. The topological polar surface area (TPSA) is 74.2 Å². The molecule has 0 spiro atoms. The minimum Gasteiger partial charge on any atom is -0.454 e. The summed E-state index contributed by atoms with van der Waals surface area (Å²) in [5, 5.41) is 11.4. The van der Waals surface area contributed by atoms with Crippen molar-refractivity contribution in [2.75, 3.05) is 6.61 Å². The highest BCUT2D eigenvalue weighted by Crippen LogP contribution is 2.46. The molecule has 1 heterocycles. The first kappa shape index (κ1) is 34.1. The Labute approximate surface area is 298 Å². The van der Waals surface area contributed by atoms with E-state index in [-0.39, 0.29) is 6.61 Å². The zero-order chi connectivity index (χ0) is 35.1. The number of benzene rings is 6. The van der Waals surface area contributed by atoms with Crippen molar-refractivity contribution in [2.45, 2.75) is 42.7 Å². The molecule has 6 aromatic carbocycles. The van der Waals surface area contributed by atoms with Crippen LogP contribution in [0.25, 0.3) is 0 Å². The summed E-state index contributed by atoms with van der Waals surface area (Å²) in [4.78, 5) is 12.6. The Morgan fingerprint density at radius 2 is 0.843 bits per heavy atom. The van der Waals surface area contributed by atoms with Crippen molar-refractivity contribution in [3.63, 3.8) is 0 Å². The molecule has 1 saturated heterocycles. The molecule has 256 valence electrons. The van der Waals surface area contributed by atoms with Crippen molar-refractivity contribution < 1.29 is 28.8 Å². The molecule has 0 radical (unpaired) electrons. The monoisotopic (exact) mass is 676 g/mol. The van der Waals surface area contributed by atoms with E-state index in [9.17, 15) is 9.90 Å². The molecular formula is C45H40O6. The van der Waals surface area contributed by atoms with E-state index in [4.69, 9.17) is 18.9 Å². The molecule has 0 bridgehead atoms. The molecule has 0 aliphatic carbocycles. The van der Waals surface area contributed by atoms with Gasteiger partial charge in [0, 0.05) is 6.92 Å². The van der Waals surface area contributed by atoms with Crippen LogP contribution < -0.4 is 0 Å². The van der Waals surface area contributed by atoms with Crippen LogP contribution in [0.5, 0.6) is 0 Å². The molecule has 51 heavy (non-hydrogen) atoms. The predicted molar refractivity (Wildman–Crippen MR) is 196 cm³/mol. The van der Waals surface area contributed by atoms with Gasteiger partial charge in [-0.3, -0.25) is 4.79 Å². The van der Waals surface area contributed by atoms with E-state index in [1.165, 1.54) is 6.92 Å². The van der Waals surface area contributed by atoms with Gasteiger partial charge in [-0.05, 0) is 33.4 Å². The zero-order valence-corrected chi connectivity index (χ0v) is 28.3. The normalized spacial score (nSPS) is 19.0. The molecule has 1 aliphatic heterocycles. The third-order valence-electron chi connectivity index (χ3n) is 9.45. The maximum atomic E-state index is 12.6. The SMILES string of the molecule is CC(=O)O[C@@H]1[C@@H](OC(c2ccccc2)(c2ccccc2)c2ccccc2)[C@H](COC(c2ccccc2)(c2ccccc2)c2ccccc2)O[C@H]1O. The number of rotatable bonds is 12. The van der Waals surface area contributed by atoms with Crippen LogP contribution in [0, 0.1) is 0 Å². The molecule has 6 heteroatoms. The van der Waals surface area contributed by atoms with E-state index >= 15 is 0 Å². The highest BCUT2D eigenvalue weighted by atomic mass is 16.7. The average molecular weight is 677 g/mol. The van der Waals surface area contributed by atoms with Gasteiger partial charge in [0.2, 0.25) is 0 Å². The van der Waals surface area contributed by atoms with E-state index < -0.39 is 41.8 Å². The van der Waals surface area contributed by atoms with Crippen molar-refractivity contribution in [3.8, 4) is 0 Å². The third-order valence-corrected chi connectivity index (χ3v) is 9.45. The highest BCUT2D eigenvalue weighted by molar-refractivity contribution is 5.66. The summed E-state index contributed by atoms with van der Waals surface area (Å²) < 4.78 is 26.7. The van der Waals surface area contributed by atoms with Crippen LogP contribution in [-0.4, -0.2) is 42.3 Å². The van der Waals surface area contributed by atoms with Gasteiger partial charge in [0.1, 0.15) is 23.4 Å². The Morgan fingerprint density at radius 1 is 0.529 bits per heavy atom. The smallest absolute Gasteiger partial charge is 0.303 e. The van der Waals surface area contributed by atoms with Gasteiger partial charge in [0.15, 0.2) is 12.4 Å². The van der Waals surface area contributed by atoms with Gasteiger partial charge in [0.05, 0.1) is 6.61 Å². The van der Waals surface area contributed by atoms with Gasteiger partial charge in [-0.1, -0.05) is 182 Å². The maximum absolute atomic E-state index is 12.6. The van der Waals surface area contributed by atoms with Crippen LogP contribution in [0.3, 0.4) is 0 Å². The zero-order valence-electron chi connectivity index (χ0n) is 28.3. The number of ether oxygens (including phenoxy) is 4. The molecule has 7 rings (SSSR count). The lowest BCUT2D eigenvalue weighted by molar-refractivity contribution is -0.175. The van der Waals surface area contributed by atoms with Crippen molar-refractivity contribution in [1.82, 2.24) is 0 Å². The Morgan fingerprint density at radius 3 is 1.16 bits per heavy atom. The number of hydrogen-bond acceptors (Lipinski definition) is 6. The van der Waals surface area contributed by atoms with Crippen LogP contribution in [0.4, 0.5) is 0 Å². The summed E-state index contributed by atoms with van der Waals surface area (Å²) in [6.07, 6.45) is -4.45. The summed E-state index contributed by atoms with van der Waals surface area (Å²) in [6.45, 7) is 1.30. The molecule has 1 N–H and O–H groups in total. The molecule has 1 fully saturated rings. The van der Waals surface area contributed by atoms with Gasteiger partial charge in [-0.25, -0.2) is 0 Å². The second-order valence-corrected chi connectivity index (χ2v) is 12.6. The highest BCUT2D eigenvalue weighted by Gasteiger charge is 2.53. The number of esters is 1. The largest absolute Gasteiger partial charge is 0.454 e. The summed E-state index contributed by atoms with van der Waals surface area (Å²) in [5.41, 5.74) is 3.09. The van der Waals surface area contributed by atoms with Gasteiger partial charge in [-0.2, -0.15) is 0 Å². The number of aliphatic hydroxyl groups excluding tert-OH is 1. The van der Waals surface area contributed by atoms with E-state index in [2.05, 4.69) is 0 Å². The lowest BCUT2D eigenvalue weighted by Crippen LogP contribution is -2.48. The van der Waals surface area contributed by atoms with Crippen molar-refractivity contribution in [2.24, 2.45) is 0 Å². The average Bonchev–Trinajstić information content (AvgIpc) is 3.48. The number of hydrogen-bond donors (Lipinski definition) is 1. The Balaban J connectivity index is 1.37. The minimum absolute atomic E-state index is 0.0212. The van der Waals surface area contributed by atoms with Crippen molar-refractivity contribution in [1.29, 1.82) is 0 Å². The van der Waals surface area contributed by atoms with Gasteiger partial charge in [-0.15, -0.1) is 0 Å². The molecule has 4 atom stereocenters. The quantitative estimate of drug-likeness (QED) is 0.105. The summed E-state index contributed by atoms with van der Waals surface area (Å²) >= 11 is 0. The lowest BCUT2D eigenvalue weighted by Gasteiger charge is -2.41. The van der Waals surface area contributed by atoms with Crippen LogP contribution in [0.1, 0.15) is 40.3 Å². The second-order valence-electron chi connectivity index (χ2n) is 12.6. The lowest BCUT2D eigenvalue weighted by atomic mass is 9.79. The standard InChI is InChI=1S/C45H40O6/c1-33(46)49-42-41(51-45(37-26-14-5-15-27-37,38-28-16-6-17-29-38)39-30-18-7-19-31-39)40(50-43(42)47)32-48-44(34-20-8-2-9-21-34,35-22-10-3-11-23-35)36-24-12-4-13-25-36/h2-31,40-43,47H,32H2,1H3/t40-,41-,42+,43+/m0/s1. The van der Waals surface area contributed by atoms with Crippen molar-refractivity contribution >= 4 is 5.97 Å². The second kappa shape index (κ2) is 15.3. The van der Waals surface area contributed by atoms with Crippen LogP contribution in [-0.2, 0) is 34.9 Å². The summed E-state index contributed by atoms with van der Waals surface area (Å²) in [7, 11) is 0. The van der Waals surface area contributed by atoms with Gasteiger partial charge in [0.25, 0.3) is 0 Å². The molecule has 0 amide bonds. The van der Waals surface area contributed by atoms with Gasteiger partial charge < -0.3 is 24.1 Å². The molecule has 6 nitrogen and oxygen atoms in total. The van der Waals surface area contributed by atoms with Gasteiger partial charge >= 0.3 is 5.97 Å². The fourth-order valence-corrected chi connectivity index (χ4v) is 7.20. The van der Waals surface area contributed by atoms with E-state index in [0.717, 1.165) is 33.4 Å². The molecular weight excluding hydrogens is 636 g/mol. The van der Waals surface area contributed by atoms with Crippen LogP contribution in [0.15, 0.2) is 182 Å². The Hall–Kier alpha value is -5.37. The fourth-order valence-electron chi connectivity index (χ4n) is 7.20. The maximum Gasteiger partial charge on any atom is 0.303 e. The molecule has 0 saturated carbocycles. The summed E-state index contributed by atoms with van der Waals surface area (Å²) in [5.74, 6) is -0.560.